The number of aromatic amines is 1. The number of ketones is 1. The van der Waals surface area contributed by atoms with Gasteiger partial charge in [-0.2, -0.15) is 13.2 Å². The molecule has 4 heterocycles. The van der Waals surface area contributed by atoms with Crippen molar-refractivity contribution >= 4 is 66.8 Å². The number of Topliss-reactive ketones (excluding diaryl/α,β-unsaturated/α-hetero) is 1. The second kappa shape index (κ2) is 20.2. The summed E-state index contributed by atoms with van der Waals surface area (Å²) < 4.78 is 74.6. The molecule has 366 valence electrons. The lowest BCUT2D eigenvalue weighted by Gasteiger charge is -2.39. The van der Waals surface area contributed by atoms with Crippen molar-refractivity contribution in [1.29, 1.82) is 0 Å². The second-order valence-corrected chi connectivity index (χ2v) is 21.4. The van der Waals surface area contributed by atoms with E-state index in [2.05, 4.69) is 38.9 Å². The molecule has 1 aliphatic carbocycles. The number of nitro groups is 1. The van der Waals surface area contributed by atoms with Crippen LogP contribution in [-0.4, -0.2) is 103 Å². The van der Waals surface area contributed by atoms with Gasteiger partial charge in [-0.3, -0.25) is 24.6 Å². The Morgan fingerprint density at radius 3 is 2.45 bits per heavy atom. The number of H-pyrrole nitrogens is 1. The summed E-state index contributed by atoms with van der Waals surface area (Å²) in [5, 5.41) is 16.1. The van der Waals surface area contributed by atoms with E-state index in [1.54, 1.807) is 36.2 Å². The predicted octanol–water partition coefficient (Wildman–Crippen LogP) is 10.4. The Morgan fingerprint density at radius 1 is 1.00 bits per heavy atom. The fourth-order valence-corrected chi connectivity index (χ4v) is 11.1. The second-order valence-electron chi connectivity index (χ2n) is 19.0. The Morgan fingerprint density at radius 2 is 1.75 bits per heavy atom. The van der Waals surface area contributed by atoms with Crippen molar-refractivity contribution in [3.63, 3.8) is 0 Å². The van der Waals surface area contributed by atoms with Crippen molar-refractivity contribution in [3.8, 4) is 11.5 Å². The molecule has 2 N–H and O–H groups in total. The maximum absolute atomic E-state index is 14.1. The van der Waals surface area contributed by atoms with E-state index in [0.29, 0.717) is 81.7 Å². The van der Waals surface area contributed by atoms with Crippen LogP contribution < -0.4 is 15.0 Å². The van der Waals surface area contributed by atoms with Gasteiger partial charge in [0.2, 0.25) is 5.91 Å². The van der Waals surface area contributed by atoms with Crippen molar-refractivity contribution in [2.45, 2.75) is 70.4 Å². The third-order valence-corrected chi connectivity index (χ3v) is 15.5. The Hall–Kier alpha value is -5.98. The number of pyridine rings is 1. The fourth-order valence-electron chi connectivity index (χ4n) is 9.57. The lowest BCUT2D eigenvalue weighted by molar-refractivity contribution is -0.384. The molecule has 2 aromatic heterocycles. The molecular weight excluding hydrogens is 935 g/mol. The number of nitrogens with one attached hydrogen (secondary N) is 2. The minimum Gasteiger partial charge on any atom is -0.455 e. The first kappa shape index (κ1) is 49.4. The zero-order valence-electron chi connectivity index (χ0n) is 38.7. The van der Waals surface area contributed by atoms with E-state index >= 15 is 0 Å². The topological polar surface area (TPSA) is 171 Å². The largest absolute Gasteiger partial charge is 0.455 e. The average Bonchev–Trinajstić information content (AvgIpc) is 3.78. The molecule has 1 amide bonds. The van der Waals surface area contributed by atoms with Gasteiger partial charge in [-0.1, -0.05) is 37.1 Å². The van der Waals surface area contributed by atoms with Crippen molar-refractivity contribution < 1.29 is 40.8 Å². The monoisotopic (exact) mass is 989 g/mol. The molecule has 8 rings (SSSR count). The van der Waals surface area contributed by atoms with Crippen LogP contribution in [0.15, 0.2) is 89.6 Å². The molecular formula is C50H55ClF3N7O7S. The van der Waals surface area contributed by atoms with Gasteiger partial charge in [0.1, 0.15) is 28.6 Å². The van der Waals surface area contributed by atoms with E-state index < -0.39 is 43.7 Å². The smallest absolute Gasteiger partial charge is 0.416 e. The number of carbonyl (C=O) groups is 2. The summed E-state index contributed by atoms with van der Waals surface area (Å²) in [6, 6.07) is 15.7. The Labute approximate surface area is 403 Å². The first-order valence-corrected chi connectivity index (χ1v) is 25.1. The van der Waals surface area contributed by atoms with Gasteiger partial charge >= 0.3 is 6.18 Å². The van der Waals surface area contributed by atoms with Gasteiger partial charge in [0, 0.05) is 93.7 Å². The van der Waals surface area contributed by atoms with Gasteiger partial charge in [0.15, 0.2) is 15.6 Å². The summed E-state index contributed by atoms with van der Waals surface area (Å²) in [6.07, 6.45) is 3.51. The molecule has 0 radical (unpaired) electrons. The number of fused-ring (bicyclic) bond motifs is 1. The maximum Gasteiger partial charge on any atom is 0.416 e. The van der Waals surface area contributed by atoms with Gasteiger partial charge < -0.3 is 24.8 Å². The number of amides is 1. The Bertz CT molecular complexity index is 2910. The number of alkyl halides is 3. The standard InChI is InChI=1S/C50H55ClF3N7O7S/c1-32(62)59-18-13-33(14-19-59)11-16-55-44-9-6-39(27-45(44)61(64)65)69(66,67)31-46(63)41-8-5-37(26-47(41)68-38-24-34-12-17-56-48(34)57-29-38)60-22-20-58(21-23-60)30-35-10-15-49(2,3)28-42(35)40-7-4-36(25-43(40)51)50(52,53)54/h4-9,12,17,24-27,29,33,55H,10-11,13-16,18-23,28,30-31H2,1-3H3,(H,56,57). The zero-order chi connectivity index (χ0) is 49.3. The van der Waals surface area contributed by atoms with E-state index in [4.69, 9.17) is 16.3 Å². The highest BCUT2D eigenvalue weighted by atomic mass is 35.5. The quantitative estimate of drug-likeness (QED) is 0.0581. The Kier molecular flexibility index (Phi) is 14.4. The summed E-state index contributed by atoms with van der Waals surface area (Å²) in [7, 11) is -4.39. The van der Waals surface area contributed by atoms with E-state index in [9.17, 15) is 41.3 Å². The molecule has 0 spiro atoms. The molecule has 0 unspecified atom stereocenters. The number of benzene rings is 3. The van der Waals surface area contributed by atoms with Crippen LogP contribution in [0.2, 0.25) is 5.02 Å². The summed E-state index contributed by atoms with van der Waals surface area (Å²) in [6.45, 7) is 10.7. The van der Waals surface area contributed by atoms with E-state index in [1.165, 1.54) is 30.5 Å². The first-order chi connectivity index (χ1) is 32.7. The molecule has 0 saturated carbocycles. The number of nitro benzene ring substituents is 1. The average molecular weight is 991 g/mol. The number of allylic oxidation sites excluding steroid dienone is 1. The minimum atomic E-state index is -4.50. The van der Waals surface area contributed by atoms with Crippen LogP contribution in [-0.2, 0) is 20.8 Å². The lowest BCUT2D eigenvalue weighted by Crippen LogP contribution is -2.47. The number of halogens is 4. The number of hydrogen-bond donors (Lipinski definition) is 2. The number of hydrogen-bond acceptors (Lipinski definition) is 11. The number of aromatic nitrogens is 2. The summed E-state index contributed by atoms with van der Waals surface area (Å²) >= 11 is 6.54. The van der Waals surface area contributed by atoms with Crippen LogP contribution in [0, 0.1) is 21.4 Å². The third-order valence-electron chi connectivity index (χ3n) is 13.6. The van der Waals surface area contributed by atoms with Crippen LogP contribution >= 0.6 is 11.6 Å². The van der Waals surface area contributed by atoms with Crippen molar-refractivity contribution in [3.05, 3.63) is 117 Å². The van der Waals surface area contributed by atoms with E-state index in [-0.39, 0.29) is 38.2 Å². The predicted molar refractivity (Wildman–Crippen MR) is 260 cm³/mol. The normalized spacial score (nSPS) is 17.3. The first-order valence-electron chi connectivity index (χ1n) is 23.1. The molecule has 2 aliphatic heterocycles. The highest BCUT2D eigenvalue weighted by molar-refractivity contribution is 7.92. The van der Waals surface area contributed by atoms with Crippen molar-refractivity contribution in [2.24, 2.45) is 11.3 Å². The van der Waals surface area contributed by atoms with Crippen LogP contribution in [0.3, 0.4) is 0 Å². The number of likely N-dealkylation sites (tertiary alicyclic amines) is 1. The SMILES string of the molecule is CC(=O)N1CCC(CCNc2ccc(S(=O)(=O)CC(=O)c3ccc(N4CCN(CC5=C(c6ccc(C(F)(F)F)cc6Cl)CC(C)(C)CC5)CC4)cc3Oc3cnc4[nH]ccc4c3)cc2[N+](=O)[O-])CC1. The number of rotatable bonds is 15. The van der Waals surface area contributed by atoms with Gasteiger partial charge in [-0.15, -0.1) is 0 Å². The molecule has 0 bridgehead atoms. The highest BCUT2D eigenvalue weighted by Gasteiger charge is 2.34. The summed E-state index contributed by atoms with van der Waals surface area (Å²) in [5.41, 5.74) is 3.03. The number of nitrogens with zero attached hydrogens (tertiary/aromatic N) is 5. The molecule has 5 aromatic rings. The van der Waals surface area contributed by atoms with Crippen molar-refractivity contribution in [1.82, 2.24) is 19.8 Å². The van der Waals surface area contributed by atoms with Crippen LogP contribution in [0.5, 0.6) is 11.5 Å². The van der Waals surface area contributed by atoms with Crippen LogP contribution in [0.25, 0.3) is 16.6 Å². The molecule has 2 saturated heterocycles. The van der Waals surface area contributed by atoms with Gasteiger partial charge in [-0.25, -0.2) is 13.4 Å². The minimum absolute atomic E-state index is 0.00124. The zero-order valence-corrected chi connectivity index (χ0v) is 40.3. The number of ether oxygens (including phenoxy) is 1. The summed E-state index contributed by atoms with van der Waals surface area (Å²) in [4.78, 5) is 50.6. The molecule has 3 aromatic carbocycles. The number of piperazine rings is 1. The lowest BCUT2D eigenvalue weighted by atomic mass is 9.72. The molecule has 3 aliphatic rings. The maximum atomic E-state index is 14.1. The molecule has 2 fully saturated rings. The van der Waals surface area contributed by atoms with Gasteiger partial charge in [-0.05, 0) is 110 Å². The van der Waals surface area contributed by atoms with E-state index in [0.717, 1.165) is 72.5 Å². The van der Waals surface area contributed by atoms with Gasteiger partial charge in [0.25, 0.3) is 5.69 Å². The molecule has 19 heteroatoms. The molecule has 69 heavy (non-hydrogen) atoms. The number of carbonyl (C=O) groups excluding carboxylic acids is 2. The number of piperidine rings is 1. The number of anilines is 2. The molecule has 0 atom stereocenters. The number of sulfone groups is 1. The van der Waals surface area contributed by atoms with Crippen LogP contribution in [0.4, 0.5) is 30.2 Å². The van der Waals surface area contributed by atoms with Crippen molar-refractivity contribution in [2.75, 3.05) is 68.3 Å². The van der Waals surface area contributed by atoms with E-state index in [1.807, 2.05) is 6.07 Å². The van der Waals surface area contributed by atoms with Crippen LogP contribution in [0.1, 0.15) is 80.8 Å². The Balaban J connectivity index is 0.978. The fraction of sp³-hybridized carbons (Fsp3) is 0.420. The molecule has 14 nitrogen and oxygen atoms in total. The van der Waals surface area contributed by atoms with Gasteiger partial charge in [0.05, 0.1) is 27.1 Å². The highest BCUT2D eigenvalue weighted by Crippen LogP contribution is 2.46. The third kappa shape index (κ3) is 11.7. The summed E-state index contributed by atoms with van der Waals surface area (Å²) in [5.74, 6) is -0.954.